The summed E-state index contributed by atoms with van der Waals surface area (Å²) in [6.45, 7) is 0. The lowest BCUT2D eigenvalue weighted by Gasteiger charge is -2.35. The first kappa shape index (κ1) is 35.4. The van der Waals surface area contributed by atoms with Crippen molar-refractivity contribution in [2.45, 2.75) is 5.41 Å². The van der Waals surface area contributed by atoms with Crippen LogP contribution in [0, 0.1) is 0 Å². The van der Waals surface area contributed by atoms with Crippen LogP contribution in [0.1, 0.15) is 22.3 Å². The standard InChI is InChI=1S/C59H39NS/c1-4-19-40(20-5-1)45-30-16-21-41-22-17-31-49(57(41)45)48-28-11-14-33-53(48)60(54-34-18-36-56-58(54)50-29-12-15-35-55(50)61-56)44-37-38-47-46-27-10-13-32-51(46)59(52(47)39-44,42-23-6-2-7-24-42)43-25-8-3-9-26-43/h1-39H. The first-order valence-corrected chi connectivity index (χ1v) is 21.8. The number of nitrogens with zero attached hydrogens (tertiary/aromatic N) is 1. The lowest BCUT2D eigenvalue weighted by molar-refractivity contribution is 0.768. The molecule has 0 fully saturated rings. The van der Waals surface area contributed by atoms with E-state index in [1.807, 2.05) is 11.3 Å². The second-order valence-corrected chi connectivity index (χ2v) is 17.0. The van der Waals surface area contributed by atoms with Gasteiger partial charge in [-0.3, -0.25) is 0 Å². The predicted octanol–water partition coefficient (Wildman–Crippen LogP) is 16.4. The Morgan fingerprint density at radius 3 is 1.67 bits per heavy atom. The van der Waals surface area contributed by atoms with E-state index in [1.54, 1.807) is 0 Å². The molecule has 10 aromatic carbocycles. The molecule has 2 heteroatoms. The van der Waals surface area contributed by atoms with Gasteiger partial charge in [-0.2, -0.15) is 0 Å². The van der Waals surface area contributed by atoms with Crippen LogP contribution >= 0.6 is 11.3 Å². The van der Waals surface area contributed by atoms with Gasteiger partial charge in [-0.05, 0) is 97.2 Å². The number of thiophene rings is 1. The molecule has 1 aliphatic rings. The van der Waals surface area contributed by atoms with Crippen molar-refractivity contribution in [3.8, 4) is 33.4 Å². The van der Waals surface area contributed by atoms with Gasteiger partial charge < -0.3 is 4.90 Å². The molecular weight excluding hydrogens is 755 g/mol. The fourth-order valence-corrected chi connectivity index (χ4v) is 11.4. The third kappa shape index (κ3) is 5.46. The second kappa shape index (κ2) is 14.3. The van der Waals surface area contributed by atoms with Gasteiger partial charge in [0.05, 0.1) is 16.8 Å². The van der Waals surface area contributed by atoms with Gasteiger partial charge in [0.25, 0.3) is 0 Å². The molecule has 0 unspecified atom stereocenters. The summed E-state index contributed by atoms with van der Waals surface area (Å²) in [5.74, 6) is 0. The summed E-state index contributed by atoms with van der Waals surface area (Å²) in [4.78, 5) is 2.55. The summed E-state index contributed by atoms with van der Waals surface area (Å²) in [6.07, 6.45) is 0. The topological polar surface area (TPSA) is 3.24 Å². The number of anilines is 3. The minimum Gasteiger partial charge on any atom is -0.309 e. The fraction of sp³-hybridized carbons (Fsp3) is 0.0169. The molecule has 0 aliphatic heterocycles. The molecule has 1 nitrogen and oxygen atoms in total. The van der Waals surface area contributed by atoms with Gasteiger partial charge >= 0.3 is 0 Å². The summed E-state index contributed by atoms with van der Waals surface area (Å²) < 4.78 is 2.56. The van der Waals surface area contributed by atoms with Gasteiger partial charge in [-0.25, -0.2) is 0 Å². The van der Waals surface area contributed by atoms with Crippen LogP contribution in [0.4, 0.5) is 17.1 Å². The normalized spacial score (nSPS) is 12.7. The van der Waals surface area contributed by atoms with Crippen molar-refractivity contribution in [1.82, 2.24) is 0 Å². The summed E-state index contributed by atoms with van der Waals surface area (Å²) in [7, 11) is 0. The van der Waals surface area contributed by atoms with E-state index in [4.69, 9.17) is 0 Å². The number of fused-ring (bicyclic) bond motifs is 7. The van der Waals surface area contributed by atoms with Crippen LogP contribution in [0.2, 0.25) is 0 Å². The molecule has 0 N–H and O–H groups in total. The maximum atomic E-state index is 2.55. The third-order valence-electron chi connectivity index (χ3n) is 12.7. The van der Waals surface area contributed by atoms with E-state index in [0.717, 1.165) is 17.1 Å². The molecule has 0 amide bonds. The minimum atomic E-state index is -0.531. The maximum Gasteiger partial charge on any atom is 0.0714 e. The van der Waals surface area contributed by atoms with E-state index in [9.17, 15) is 0 Å². The van der Waals surface area contributed by atoms with Crippen molar-refractivity contribution in [2.75, 3.05) is 4.90 Å². The van der Waals surface area contributed by atoms with Crippen molar-refractivity contribution in [3.05, 3.63) is 259 Å². The molecule has 61 heavy (non-hydrogen) atoms. The molecule has 1 heterocycles. The molecular formula is C59H39NS. The Hall–Kier alpha value is -7.52. The fourth-order valence-electron chi connectivity index (χ4n) is 10.2. The van der Waals surface area contributed by atoms with Crippen molar-refractivity contribution in [3.63, 3.8) is 0 Å². The minimum absolute atomic E-state index is 0.531. The zero-order chi connectivity index (χ0) is 40.3. The van der Waals surface area contributed by atoms with E-state index < -0.39 is 5.41 Å². The summed E-state index contributed by atoms with van der Waals surface area (Å²) in [5.41, 5.74) is 15.3. The van der Waals surface area contributed by atoms with E-state index in [0.29, 0.717) is 0 Å². The molecule has 286 valence electrons. The van der Waals surface area contributed by atoms with Gasteiger partial charge in [-0.15, -0.1) is 11.3 Å². The highest BCUT2D eigenvalue weighted by Crippen LogP contribution is 2.58. The smallest absolute Gasteiger partial charge is 0.0714 e. The zero-order valence-electron chi connectivity index (χ0n) is 33.4. The van der Waals surface area contributed by atoms with Crippen molar-refractivity contribution in [2.24, 2.45) is 0 Å². The Kier molecular flexibility index (Phi) is 8.33. The average molecular weight is 794 g/mol. The number of hydrogen-bond acceptors (Lipinski definition) is 2. The van der Waals surface area contributed by atoms with Gasteiger partial charge in [0.15, 0.2) is 0 Å². The van der Waals surface area contributed by atoms with Gasteiger partial charge in [-0.1, -0.05) is 200 Å². The van der Waals surface area contributed by atoms with E-state index >= 15 is 0 Å². The van der Waals surface area contributed by atoms with Crippen LogP contribution in [-0.4, -0.2) is 0 Å². The molecule has 0 saturated heterocycles. The highest BCUT2D eigenvalue weighted by atomic mass is 32.1. The van der Waals surface area contributed by atoms with Crippen LogP contribution in [0.15, 0.2) is 237 Å². The SMILES string of the molecule is c1ccc(-c2cccc3cccc(-c4ccccc4N(c4ccc5c(c4)C(c4ccccc4)(c4ccccc4)c4ccccc4-5)c4cccc5sc6ccccc6c45)c23)cc1. The van der Waals surface area contributed by atoms with Crippen LogP contribution in [0.25, 0.3) is 64.3 Å². The Labute approximate surface area is 360 Å². The molecule has 0 bridgehead atoms. The predicted molar refractivity (Wildman–Crippen MR) is 260 cm³/mol. The van der Waals surface area contributed by atoms with Crippen molar-refractivity contribution in [1.29, 1.82) is 0 Å². The van der Waals surface area contributed by atoms with Crippen LogP contribution < -0.4 is 4.90 Å². The molecule has 12 rings (SSSR count). The first-order chi connectivity index (χ1) is 30.3. The highest BCUT2D eigenvalue weighted by molar-refractivity contribution is 7.26. The van der Waals surface area contributed by atoms with Gasteiger partial charge in [0, 0.05) is 31.4 Å². The summed E-state index contributed by atoms with van der Waals surface area (Å²) in [5, 5.41) is 5.01. The molecule has 11 aromatic rings. The Bertz CT molecular complexity index is 3380. The monoisotopic (exact) mass is 793 g/mol. The molecule has 0 radical (unpaired) electrons. The zero-order valence-corrected chi connectivity index (χ0v) is 34.2. The van der Waals surface area contributed by atoms with Crippen LogP contribution in [0.3, 0.4) is 0 Å². The largest absolute Gasteiger partial charge is 0.309 e. The van der Waals surface area contributed by atoms with Gasteiger partial charge in [0.2, 0.25) is 0 Å². The summed E-state index contributed by atoms with van der Waals surface area (Å²) in [6, 6.07) is 87.4. The summed E-state index contributed by atoms with van der Waals surface area (Å²) >= 11 is 1.86. The Morgan fingerprint density at radius 2 is 0.902 bits per heavy atom. The van der Waals surface area contributed by atoms with E-state index in [-0.39, 0.29) is 0 Å². The quantitative estimate of drug-likeness (QED) is 0.155. The lowest BCUT2D eigenvalue weighted by atomic mass is 9.67. The molecule has 1 aliphatic carbocycles. The van der Waals surface area contributed by atoms with Gasteiger partial charge in [0.1, 0.15) is 0 Å². The molecule has 0 saturated carbocycles. The number of hydrogen-bond donors (Lipinski definition) is 0. The van der Waals surface area contributed by atoms with E-state index in [2.05, 4.69) is 241 Å². The highest BCUT2D eigenvalue weighted by Gasteiger charge is 2.46. The third-order valence-corrected chi connectivity index (χ3v) is 13.9. The number of rotatable bonds is 7. The molecule has 1 aromatic heterocycles. The number of para-hydroxylation sites is 1. The number of benzene rings is 10. The molecule has 0 spiro atoms. The van der Waals surface area contributed by atoms with Crippen LogP contribution in [-0.2, 0) is 5.41 Å². The Balaban J connectivity index is 1.18. The van der Waals surface area contributed by atoms with E-state index in [1.165, 1.54) is 86.6 Å². The second-order valence-electron chi connectivity index (χ2n) is 15.9. The van der Waals surface area contributed by atoms with Crippen molar-refractivity contribution < 1.29 is 0 Å². The first-order valence-electron chi connectivity index (χ1n) is 21.0. The van der Waals surface area contributed by atoms with Crippen LogP contribution in [0.5, 0.6) is 0 Å². The average Bonchev–Trinajstić information content (AvgIpc) is 3.86. The maximum absolute atomic E-state index is 2.55. The lowest BCUT2D eigenvalue weighted by Crippen LogP contribution is -2.28. The van der Waals surface area contributed by atoms with Crippen molar-refractivity contribution >= 4 is 59.3 Å². The Morgan fingerprint density at radius 1 is 0.344 bits per heavy atom. The molecule has 0 atom stereocenters.